The fourth-order valence-electron chi connectivity index (χ4n) is 6.00. The molecule has 8 rings (SSSR count). The molecule has 1 aromatic heterocycles. The van der Waals surface area contributed by atoms with E-state index in [1.807, 2.05) is 11.3 Å². The standard InChI is InChI=1S/C38H24S/c1-2-10-25(11-3-1)29-14-6-7-15-31(29)34-20-19-30(32-16-8-9-17-33(32)34)28-18-21-37-35(23-28)36-22-26-12-4-5-13-27(26)24-38(36)39-37/h1-24H. The summed E-state index contributed by atoms with van der Waals surface area (Å²) in [4.78, 5) is 0. The third kappa shape index (κ3) is 3.66. The monoisotopic (exact) mass is 512 g/mol. The van der Waals surface area contributed by atoms with Gasteiger partial charge in [0, 0.05) is 20.2 Å². The lowest BCUT2D eigenvalue weighted by atomic mass is 9.88. The van der Waals surface area contributed by atoms with Gasteiger partial charge in [0.1, 0.15) is 0 Å². The van der Waals surface area contributed by atoms with Crippen molar-refractivity contribution in [3.8, 4) is 33.4 Å². The molecule has 0 amide bonds. The molecule has 8 aromatic rings. The number of fused-ring (bicyclic) bond motifs is 5. The molecular weight excluding hydrogens is 488 g/mol. The van der Waals surface area contributed by atoms with Crippen LogP contribution in [-0.4, -0.2) is 0 Å². The first-order chi connectivity index (χ1) is 19.3. The van der Waals surface area contributed by atoms with Crippen molar-refractivity contribution in [1.29, 1.82) is 0 Å². The molecule has 0 spiro atoms. The molecule has 0 bridgehead atoms. The van der Waals surface area contributed by atoms with E-state index in [1.54, 1.807) is 0 Å². The highest BCUT2D eigenvalue weighted by Crippen LogP contribution is 2.42. The lowest BCUT2D eigenvalue weighted by molar-refractivity contribution is 1.59. The Hall–Kier alpha value is -4.72. The van der Waals surface area contributed by atoms with Crippen molar-refractivity contribution < 1.29 is 0 Å². The maximum Gasteiger partial charge on any atom is 0.0361 e. The van der Waals surface area contributed by atoms with Gasteiger partial charge in [0.2, 0.25) is 0 Å². The minimum absolute atomic E-state index is 1.24. The normalized spacial score (nSPS) is 11.6. The predicted octanol–water partition coefficient (Wildman–Crippen LogP) is 11.4. The Balaban J connectivity index is 1.33. The Labute approximate surface area is 231 Å². The van der Waals surface area contributed by atoms with Crippen LogP contribution in [0.3, 0.4) is 0 Å². The molecule has 0 aliphatic heterocycles. The molecule has 0 aliphatic carbocycles. The second-order valence-corrected chi connectivity index (χ2v) is 11.2. The van der Waals surface area contributed by atoms with Gasteiger partial charge in [0.15, 0.2) is 0 Å². The van der Waals surface area contributed by atoms with Gasteiger partial charge in [-0.1, -0.05) is 121 Å². The summed E-state index contributed by atoms with van der Waals surface area (Å²) in [7, 11) is 0. The summed E-state index contributed by atoms with van der Waals surface area (Å²) in [5.41, 5.74) is 7.56. The summed E-state index contributed by atoms with van der Waals surface area (Å²) in [6.07, 6.45) is 0. The van der Waals surface area contributed by atoms with E-state index in [0.717, 1.165) is 0 Å². The molecular formula is C38H24S. The highest BCUT2D eigenvalue weighted by Gasteiger charge is 2.14. The van der Waals surface area contributed by atoms with Crippen LogP contribution in [0, 0.1) is 0 Å². The fraction of sp³-hybridized carbons (Fsp3) is 0. The number of rotatable bonds is 3. The van der Waals surface area contributed by atoms with E-state index in [-0.39, 0.29) is 0 Å². The van der Waals surface area contributed by atoms with Crippen LogP contribution in [0.15, 0.2) is 146 Å². The molecule has 0 saturated heterocycles. The molecule has 39 heavy (non-hydrogen) atoms. The number of hydrogen-bond donors (Lipinski definition) is 0. The third-order valence-electron chi connectivity index (χ3n) is 7.87. The molecule has 0 aliphatic rings. The molecule has 0 saturated carbocycles. The Morgan fingerprint density at radius 3 is 1.74 bits per heavy atom. The molecule has 0 radical (unpaired) electrons. The molecule has 7 aromatic carbocycles. The summed E-state index contributed by atoms with van der Waals surface area (Å²) in [6, 6.07) is 53.2. The van der Waals surface area contributed by atoms with Gasteiger partial charge >= 0.3 is 0 Å². The van der Waals surface area contributed by atoms with Crippen LogP contribution in [0.25, 0.3) is 75.1 Å². The van der Waals surface area contributed by atoms with Crippen LogP contribution in [0.1, 0.15) is 0 Å². The Bertz CT molecular complexity index is 2170. The summed E-state index contributed by atoms with van der Waals surface area (Å²) in [6.45, 7) is 0. The summed E-state index contributed by atoms with van der Waals surface area (Å²) in [5, 5.41) is 7.83. The molecule has 0 N–H and O–H groups in total. The van der Waals surface area contributed by atoms with Crippen LogP contribution < -0.4 is 0 Å². The quantitative estimate of drug-likeness (QED) is 0.221. The molecule has 0 atom stereocenters. The molecule has 182 valence electrons. The van der Waals surface area contributed by atoms with Gasteiger partial charge < -0.3 is 0 Å². The number of thiophene rings is 1. The van der Waals surface area contributed by atoms with Crippen LogP contribution in [0.2, 0.25) is 0 Å². The first kappa shape index (κ1) is 22.3. The maximum absolute atomic E-state index is 2.39. The summed E-state index contributed by atoms with van der Waals surface area (Å²) >= 11 is 1.88. The Kier molecular flexibility index (Phi) is 5.11. The van der Waals surface area contributed by atoms with E-state index in [1.165, 1.54) is 75.1 Å². The van der Waals surface area contributed by atoms with Crippen LogP contribution in [0.5, 0.6) is 0 Å². The number of benzene rings is 7. The van der Waals surface area contributed by atoms with Crippen LogP contribution in [-0.2, 0) is 0 Å². The lowest BCUT2D eigenvalue weighted by Crippen LogP contribution is -1.89. The Morgan fingerprint density at radius 2 is 0.923 bits per heavy atom. The highest BCUT2D eigenvalue weighted by atomic mass is 32.1. The topological polar surface area (TPSA) is 0 Å². The summed E-state index contributed by atoms with van der Waals surface area (Å²) < 4.78 is 2.68. The van der Waals surface area contributed by atoms with Crippen LogP contribution in [0.4, 0.5) is 0 Å². The van der Waals surface area contributed by atoms with Gasteiger partial charge in [-0.25, -0.2) is 0 Å². The van der Waals surface area contributed by atoms with Gasteiger partial charge in [-0.3, -0.25) is 0 Å². The number of hydrogen-bond acceptors (Lipinski definition) is 1. The van der Waals surface area contributed by atoms with Gasteiger partial charge in [-0.05, 0) is 79.2 Å². The van der Waals surface area contributed by atoms with E-state index in [2.05, 4.69) is 146 Å². The van der Waals surface area contributed by atoms with Crippen molar-refractivity contribution in [2.45, 2.75) is 0 Å². The maximum atomic E-state index is 2.39. The zero-order valence-electron chi connectivity index (χ0n) is 21.3. The van der Waals surface area contributed by atoms with Crippen molar-refractivity contribution in [1.82, 2.24) is 0 Å². The minimum Gasteiger partial charge on any atom is -0.135 e. The third-order valence-corrected chi connectivity index (χ3v) is 9.01. The second kappa shape index (κ2) is 8.94. The highest BCUT2D eigenvalue weighted by molar-refractivity contribution is 7.25. The van der Waals surface area contributed by atoms with E-state index in [9.17, 15) is 0 Å². The largest absolute Gasteiger partial charge is 0.135 e. The molecule has 0 unspecified atom stereocenters. The SMILES string of the molecule is c1ccc(-c2ccccc2-c2ccc(-c3ccc4sc5cc6ccccc6cc5c4c3)c3ccccc23)cc1. The van der Waals surface area contributed by atoms with Gasteiger partial charge in [-0.15, -0.1) is 11.3 Å². The zero-order valence-corrected chi connectivity index (χ0v) is 22.1. The van der Waals surface area contributed by atoms with E-state index in [4.69, 9.17) is 0 Å². The van der Waals surface area contributed by atoms with Gasteiger partial charge in [0.05, 0.1) is 0 Å². The minimum atomic E-state index is 1.24. The molecule has 1 heteroatoms. The molecule has 1 heterocycles. The second-order valence-electron chi connectivity index (χ2n) is 10.1. The van der Waals surface area contributed by atoms with Crippen molar-refractivity contribution in [2.75, 3.05) is 0 Å². The molecule has 0 nitrogen and oxygen atoms in total. The fourth-order valence-corrected chi connectivity index (χ4v) is 7.12. The summed E-state index contributed by atoms with van der Waals surface area (Å²) in [5.74, 6) is 0. The lowest BCUT2D eigenvalue weighted by Gasteiger charge is -2.15. The van der Waals surface area contributed by atoms with Gasteiger partial charge in [-0.2, -0.15) is 0 Å². The van der Waals surface area contributed by atoms with Crippen molar-refractivity contribution >= 4 is 53.1 Å². The average Bonchev–Trinajstić information content (AvgIpc) is 3.36. The van der Waals surface area contributed by atoms with Crippen molar-refractivity contribution in [3.05, 3.63) is 146 Å². The van der Waals surface area contributed by atoms with E-state index < -0.39 is 0 Å². The van der Waals surface area contributed by atoms with Crippen LogP contribution >= 0.6 is 11.3 Å². The average molecular weight is 513 g/mol. The van der Waals surface area contributed by atoms with Gasteiger partial charge in [0.25, 0.3) is 0 Å². The Morgan fingerprint density at radius 1 is 0.308 bits per heavy atom. The van der Waals surface area contributed by atoms with Crippen molar-refractivity contribution in [3.63, 3.8) is 0 Å². The smallest absolute Gasteiger partial charge is 0.0361 e. The first-order valence-electron chi connectivity index (χ1n) is 13.4. The first-order valence-corrected chi connectivity index (χ1v) is 14.2. The predicted molar refractivity (Wildman–Crippen MR) is 171 cm³/mol. The van der Waals surface area contributed by atoms with E-state index >= 15 is 0 Å². The molecule has 0 fully saturated rings. The van der Waals surface area contributed by atoms with Crippen molar-refractivity contribution in [2.24, 2.45) is 0 Å². The zero-order chi connectivity index (χ0) is 25.8. The van der Waals surface area contributed by atoms with E-state index in [0.29, 0.717) is 0 Å².